The topological polar surface area (TPSA) is 79.1 Å². The van der Waals surface area contributed by atoms with Crippen LogP contribution >= 0.6 is 0 Å². The molecule has 0 radical (unpaired) electrons. The van der Waals surface area contributed by atoms with E-state index in [0.29, 0.717) is 19.8 Å². The van der Waals surface area contributed by atoms with Crippen molar-refractivity contribution < 1.29 is 13.3 Å². The summed E-state index contributed by atoms with van der Waals surface area (Å²) in [4.78, 5) is 2.57. The van der Waals surface area contributed by atoms with Gasteiger partial charge in [-0.05, 0) is 64.4 Å². The van der Waals surface area contributed by atoms with E-state index in [1.165, 1.54) is 17.5 Å². The Hall–Kier alpha value is -0.883. The summed E-state index contributed by atoms with van der Waals surface area (Å²) in [6, 6.07) is 9.93. The molecule has 2 rings (SSSR count). The minimum absolute atomic E-state index is 0.633. The van der Waals surface area contributed by atoms with Crippen molar-refractivity contribution in [1.29, 1.82) is 0 Å². The Labute approximate surface area is 215 Å². The Balaban J connectivity index is 1.73. The lowest BCUT2D eigenvalue weighted by molar-refractivity contribution is 0.0708. The monoisotopic (exact) mass is 509 g/mol. The van der Waals surface area contributed by atoms with Crippen molar-refractivity contribution in [3.63, 3.8) is 0 Å². The average Bonchev–Trinajstić information content (AvgIpc) is 2.88. The molecular formula is C26H51N5O3Si. The van der Waals surface area contributed by atoms with Crippen molar-refractivity contribution in [1.82, 2.24) is 26.2 Å². The highest BCUT2D eigenvalue weighted by Crippen LogP contribution is 2.18. The minimum atomic E-state index is -2.53. The van der Waals surface area contributed by atoms with Gasteiger partial charge in [-0.2, -0.15) is 0 Å². The molecule has 4 N–H and O–H groups in total. The number of hydrogen-bond donors (Lipinski definition) is 4. The highest BCUT2D eigenvalue weighted by atomic mass is 28.4. The predicted molar refractivity (Wildman–Crippen MR) is 147 cm³/mol. The summed E-state index contributed by atoms with van der Waals surface area (Å²) in [5.74, 6) is 0. The van der Waals surface area contributed by atoms with Gasteiger partial charge in [0, 0.05) is 78.2 Å². The normalized spacial score (nSPS) is 17.5. The van der Waals surface area contributed by atoms with Gasteiger partial charge in [-0.1, -0.05) is 24.3 Å². The first kappa shape index (κ1) is 30.3. The molecule has 202 valence electrons. The summed E-state index contributed by atoms with van der Waals surface area (Å²) in [6.07, 6.45) is 2.17. The lowest BCUT2D eigenvalue weighted by Crippen LogP contribution is -2.46. The molecule has 0 atom stereocenters. The Bertz CT molecular complexity index is 607. The van der Waals surface area contributed by atoms with Crippen LogP contribution in [0.2, 0.25) is 6.04 Å². The van der Waals surface area contributed by atoms with Crippen LogP contribution in [0.4, 0.5) is 0 Å². The molecule has 1 aliphatic rings. The zero-order valence-corrected chi connectivity index (χ0v) is 23.5. The molecule has 1 saturated heterocycles. The molecule has 0 saturated carbocycles. The fraction of sp³-hybridized carbons (Fsp3) is 0.769. The van der Waals surface area contributed by atoms with Crippen molar-refractivity contribution in [2.45, 2.75) is 52.7 Å². The van der Waals surface area contributed by atoms with Crippen LogP contribution in [-0.4, -0.2) is 92.4 Å². The standard InChI is InChI=1S/C26H51N5O3Si/c1-4-32-35(33-5-2,34-6-3)22-8-14-30-23-25-9-11-26(12-10-25)24-31-20-7-13-27-15-16-28-17-18-29-19-21-31/h9-12,27-30H,4-8,13-24H2,1-3H3. The van der Waals surface area contributed by atoms with Crippen LogP contribution in [0.3, 0.4) is 0 Å². The van der Waals surface area contributed by atoms with Gasteiger partial charge in [-0.3, -0.25) is 4.90 Å². The highest BCUT2D eigenvalue weighted by molar-refractivity contribution is 6.60. The summed E-state index contributed by atoms with van der Waals surface area (Å²) >= 11 is 0. The Morgan fingerprint density at radius 1 is 0.771 bits per heavy atom. The second-order valence-electron chi connectivity index (χ2n) is 8.96. The summed E-state index contributed by atoms with van der Waals surface area (Å²) < 4.78 is 17.8. The average molecular weight is 510 g/mol. The van der Waals surface area contributed by atoms with Crippen LogP contribution in [0.1, 0.15) is 44.7 Å². The van der Waals surface area contributed by atoms with Gasteiger partial charge in [-0.15, -0.1) is 0 Å². The van der Waals surface area contributed by atoms with E-state index in [2.05, 4.69) is 50.4 Å². The van der Waals surface area contributed by atoms with E-state index in [9.17, 15) is 0 Å². The smallest absolute Gasteiger partial charge is 0.374 e. The van der Waals surface area contributed by atoms with Gasteiger partial charge in [-0.25, -0.2) is 0 Å². The van der Waals surface area contributed by atoms with Gasteiger partial charge < -0.3 is 34.5 Å². The molecule has 9 heteroatoms. The van der Waals surface area contributed by atoms with Gasteiger partial charge in [0.25, 0.3) is 0 Å². The van der Waals surface area contributed by atoms with E-state index in [0.717, 1.165) is 84.5 Å². The van der Waals surface area contributed by atoms with Gasteiger partial charge in [0.1, 0.15) is 0 Å². The van der Waals surface area contributed by atoms with E-state index < -0.39 is 8.80 Å². The summed E-state index contributed by atoms with van der Waals surface area (Å²) in [7, 11) is -2.53. The third-order valence-corrected chi connectivity index (χ3v) is 9.23. The Kier molecular flexibility index (Phi) is 16.7. The van der Waals surface area contributed by atoms with E-state index in [-0.39, 0.29) is 0 Å². The highest BCUT2D eigenvalue weighted by Gasteiger charge is 2.39. The van der Waals surface area contributed by atoms with E-state index in [4.69, 9.17) is 13.3 Å². The molecule has 1 aromatic rings. The van der Waals surface area contributed by atoms with Crippen molar-refractivity contribution in [3.8, 4) is 0 Å². The van der Waals surface area contributed by atoms with E-state index in [1.54, 1.807) is 0 Å². The van der Waals surface area contributed by atoms with Crippen molar-refractivity contribution in [2.75, 3.05) is 78.7 Å². The van der Waals surface area contributed by atoms with E-state index >= 15 is 0 Å². The quantitative estimate of drug-likeness (QED) is 0.225. The SMILES string of the molecule is CCO[Si](CCCNCc1ccc(CN2CCCNCCNCCNCC2)cc1)(OCC)OCC. The van der Waals surface area contributed by atoms with Crippen molar-refractivity contribution >= 4 is 8.80 Å². The molecule has 0 bridgehead atoms. The largest absolute Gasteiger partial charge is 0.500 e. The summed E-state index contributed by atoms with van der Waals surface area (Å²) in [6.45, 7) is 19.2. The maximum Gasteiger partial charge on any atom is 0.500 e. The molecule has 0 spiro atoms. The molecule has 35 heavy (non-hydrogen) atoms. The summed E-state index contributed by atoms with van der Waals surface area (Å²) in [5, 5.41) is 14.1. The molecule has 0 aromatic heterocycles. The number of nitrogens with zero attached hydrogens (tertiary/aromatic N) is 1. The summed E-state index contributed by atoms with van der Waals surface area (Å²) in [5.41, 5.74) is 2.70. The maximum absolute atomic E-state index is 5.95. The second-order valence-corrected chi connectivity index (χ2v) is 11.7. The lowest BCUT2D eigenvalue weighted by Gasteiger charge is -2.28. The first-order valence-electron chi connectivity index (χ1n) is 13.8. The van der Waals surface area contributed by atoms with Crippen molar-refractivity contribution in [3.05, 3.63) is 35.4 Å². The second kappa shape index (κ2) is 19.3. The van der Waals surface area contributed by atoms with Gasteiger partial charge >= 0.3 is 8.80 Å². The maximum atomic E-state index is 5.95. The van der Waals surface area contributed by atoms with Crippen LogP contribution in [0, 0.1) is 0 Å². The number of rotatable bonds is 14. The fourth-order valence-corrected chi connectivity index (χ4v) is 6.96. The lowest BCUT2D eigenvalue weighted by atomic mass is 10.1. The number of benzene rings is 1. The first-order chi connectivity index (χ1) is 17.2. The third kappa shape index (κ3) is 13.3. The fourth-order valence-electron chi connectivity index (χ4n) is 4.35. The zero-order valence-electron chi connectivity index (χ0n) is 22.5. The number of nitrogens with one attached hydrogen (secondary N) is 4. The molecule has 8 nitrogen and oxygen atoms in total. The molecule has 1 aliphatic heterocycles. The van der Waals surface area contributed by atoms with Crippen LogP contribution in [0.5, 0.6) is 0 Å². The van der Waals surface area contributed by atoms with Gasteiger partial charge in [0.2, 0.25) is 0 Å². The van der Waals surface area contributed by atoms with Crippen LogP contribution in [-0.2, 0) is 26.4 Å². The van der Waals surface area contributed by atoms with Gasteiger partial charge in [0.05, 0.1) is 0 Å². The van der Waals surface area contributed by atoms with Crippen LogP contribution in [0.25, 0.3) is 0 Å². The molecule has 0 aliphatic carbocycles. The molecule has 0 unspecified atom stereocenters. The zero-order chi connectivity index (χ0) is 25.0. The third-order valence-electron chi connectivity index (χ3n) is 6.08. The minimum Gasteiger partial charge on any atom is -0.374 e. The molecule has 1 aromatic carbocycles. The molecule has 1 fully saturated rings. The first-order valence-corrected chi connectivity index (χ1v) is 15.7. The molecule has 0 amide bonds. The Morgan fingerprint density at radius 3 is 1.97 bits per heavy atom. The molecular weight excluding hydrogens is 458 g/mol. The van der Waals surface area contributed by atoms with Crippen LogP contribution < -0.4 is 21.3 Å². The van der Waals surface area contributed by atoms with Gasteiger partial charge in [0.15, 0.2) is 0 Å². The Morgan fingerprint density at radius 2 is 1.34 bits per heavy atom. The molecule has 1 heterocycles. The number of hydrogen-bond acceptors (Lipinski definition) is 8. The predicted octanol–water partition coefficient (Wildman–Crippen LogP) is 2.19. The van der Waals surface area contributed by atoms with Crippen LogP contribution in [0.15, 0.2) is 24.3 Å². The van der Waals surface area contributed by atoms with Crippen molar-refractivity contribution in [2.24, 2.45) is 0 Å². The van der Waals surface area contributed by atoms with E-state index in [1.807, 2.05) is 20.8 Å².